The topological polar surface area (TPSA) is 106 Å². The molecular formula is C9H20N2O4S2. The molecule has 1 rings (SSSR count). The van der Waals surface area contributed by atoms with E-state index in [9.17, 15) is 16.8 Å². The van der Waals surface area contributed by atoms with Gasteiger partial charge in [-0.15, -0.1) is 0 Å². The number of sulfone groups is 1. The molecular weight excluding hydrogens is 264 g/mol. The first-order valence-corrected chi connectivity index (χ1v) is 9.02. The number of nitrogens with one attached hydrogen (secondary N) is 1. The Balaban J connectivity index is 2.55. The first kappa shape index (κ1) is 14.9. The molecule has 1 unspecified atom stereocenters. The third kappa shape index (κ3) is 4.53. The summed E-state index contributed by atoms with van der Waals surface area (Å²) in [6, 6.07) is 0. The Kier molecular flexibility index (Phi) is 4.94. The van der Waals surface area contributed by atoms with E-state index in [1.165, 1.54) is 0 Å². The standard InChI is InChI=1S/C9H20N2O4S2/c1-8(6-10)7-11-17(14,15)9-2-4-16(12,13)5-3-9/h8-9,11H,2-7,10H2,1H3. The second kappa shape index (κ2) is 5.64. The molecule has 8 heteroatoms. The Morgan fingerprint density at radius 1 is 1.35 bits per heavy atom. The van der Waals surface area contributed by atoms with Gasteiger partial charge in [0.2, 0.25) is 10.0 Å². The van der Waals surface area contributed by atoms with Gasteiger partial charge < -0.3 is 5.73 Å². The summed E-state index contributed by atoms with van der Waals surface area (Å²) < 4.78 is 48.7. The van der Waals surface area contributed by atoms with Crippen LogP contribution in [0.2, 0.25) is 0 Å². The van der Waals surface area contributed by atoms with Gasteiger partial charge in [-0.05, 0) is 25.3 Å². The Hall–Kier alpha value is -0.180. The maximum atomic E-state index is 11.9. The number of hydrogen-bond donors (Lipinski definition) is 2. The van der Waals surface area contributed by atoms with Crippen LogP contribution in [-0.4, -0.2) is 46.7 Å². The van der Waals surface area contributed by atoms with Crippen LogP contribution in [0.25, 0.3) is 0 Å². The number of sulfonamides is 1. The SMILES string of the molecule is CC(CN)CNS(=O)(=O)C1CCS(=O)(=O)CC1. The molecule has 6 nitrogen and oxygen atoms in total. The van der Waals surface area contributed by atoms with E-state index in [0.717, 1.165) is 0 Å². The molecule has 0 bridgehead atoms. The van der Waals surface area contributed by atoms with Crippen molar-refractivity contribution in [1.82, 2.24) is 4.72 Å². The third-order valence-corrected chi connectivity index (χ3v) is 6.61. The van der Waals surface area contributed by atoms with Crippen molar-refractivity contribution in [3.05, 3.63) is 0 Å². The Bertz CT molecular complexity index is 430. The van der Waals surface area contributed by atoms with Crippen LogP contribution in [-0.2, 0) is 19.9 Å². The van der Waals surface area contributed by atoms with Crippen molar-refractivity contribution in [2.75, 3.05) is 24.6 Å². The van der Waals surface area contributed by atoms with Crippen molar-refractivity contribution >= 4 is 19.9 Å². The quantitative estimate of drug-likeness (QED) is 0.679. The van der Waals surface area contributed by atoms with Crippen molar-refractivity contribution < 1.29 is 16.8 Å². The number of rotatable bonds is 5. The van der Waals surface area contributed by atoms with E-state index in [-0.39, 0.29) is 30.3 Å². The summed E-state index contributed by atoms with van der Waals surface area (Å²) in [7, 11) is -6.43. The molecule has 3 N–H and O–H groups in total. The highest BCUT2D eigenvalue weighted by Gasteiger charge is 2.32. The van der Waals surface area contributed by atoms with Crippen LogP contribution in [0.5, 0.6) is 0 Å². The van der Waals surface area contributed by atoms with Gasteiger partial charge in [-0.2, -0.15) is 0 Å². The molecule has 1 fully saturated rings. The van der Waals surface area contributed by atoms with E-state index < -0.39 is 25.1 Å². The summed E-state index contributed by atoms with van der Waals surface area (Å²) in [6.07, 6.45) is 0.378. The van der Waals surface area contributed by atoms with E-state index in [1.54, 1.807) is 0 Å². The molecule has 0 aromatic rings. The van der Waals surface area contributed by atoms with E-state index in [1.807, 2.05) is 6.92 Å². The second-order valence-corrected chi connectivity index (χ2v) is 8.93. The zero-order valence-electron chi connectivity index (χ0n) is 9.92. The molecule has 0 radical (unpaired) electrons. The molecule has 1 aliphatic rings. The lowest BCUT2D eigenvalue weighted by atomic mass is 10.2. The fraction of sp³-hybridized carbons (Fsp3) is 1.00. The minimum absolute atomic E-state index is 0.0367. The highest BCUT2D eigenvalue weighted by molar-refractivity contribution is 7.92. The Morgan fingerprint density at radius 3 is 2.35 bits per heavy atom. The van der Waals surface area contributed by atoms with Crippen LogP contribution >= 0.6 is 0 Å². The van der Waals surface area contributed by atoms with Crippen LogP contribution in [0.3, 0.4) is 0 Å². The second-order valence-electron chi connectivity index (χ2n) is 4.59. The molecule has 0 amide bonds. The minimum Gasteiger partial charge on any atom is -0.330 e. The summed E-state index contributed by atoms with van der Waals surface area (Å²) in [4.78, 5) is 0. The van der Waals surface area contributed by atoms with Gasteiger partial charge in [0.25, 0.3) is 0 Å². The van der Waals surface area contributed by atoms with E-state index in [0.29, 0.717) is 13.1 Å². The van der Waals surface area contributed by atoms with Gasteiger partial charge in [-0.3, -0.25) is 0 Å². The van der Waals surface area contributed by atoms with Crippen LogP contribution in [0, 0.1) is 5.92 Å². The van der Waals surface area contributed by atoms with Gasteiger partial charge in [0.15, 0.2) is 0 Å². The predicted octanol–water partition coefficient (Wildman–Crippen LogP) is -0.922. The highest BCUT2D eigenvalue weighted by atomic mass is 32.2. The fourth-order valence-electron chi connectivity index (χ4n) is 1.64. The van der Waals surface area contributed by atoms with Crippen molar-refractivity contribution in [2.45, 2.75) is 25.0 Å². The molecule has 0 aromatic carbocycles. The van der Waals surface area contributed by atoms with Crippen LogP contribution in [0.4, 0.5) is 0 Å². The van der Waals surface area contributed by atoms with Crippen molar-refractivity contribution in [2.24, 2.45) is 11.7 Å². The molecule has 0 spiro atoms. The molecule has 1 atom stereocenters. The summed E-state index contributed by atoms with van der Waals surface area (Å²) >= 11 is 0. The zero-order valence-corrected chi connectivity index (χ0v) is 11.6. The van der Waals surface area contributed by atoms with Crippen molar-refractivity contribution in [3.63, 3.8) is 0 Å². The first-order chi connectivity index (χ1) is 7.77. The van der Waals surface area contributed by atoms with Gasteiger partial charge in [0, 0.05) is 6.54 Å². The maximum absolute atomic E-state index is 11.9. The lowest BCUT2D eigenvalue weighted by molar-refractivity contribution is 0.523. The predicted molar refractivity (Wildman–Crippen MR) is 66.8 cm³/mol. The monoisotopic (exact) mass is 284 g/mol. The molecule has 0 aliphatic carbocycles. The van der Waals surface area contributed by atoms with Gasteiger partial charge in [-0.1, -0.05) is 6.92 Å². The van der Waals surface area contributed by atoms with Gasteiger partial charge >= 0.3 is 0 Å². The lowest BCUT2D eigenvalue weighted by Gasteiger charge is -2.23. The van der Waals surface area contributed by atoms with Gasteiger partial charge in [0.05, 0.1) is 16.8 Å². The fourth-order valence-corrected chi connectivity index (χ4v) is 5.04. The van der Waals surface area contributed by atoms with Gasteiger partial charge in [0.1, 0.15) is 9.84 Å². The molecule has 1 aliphatic heterocycles. The normalized spacial score (nSPS) is 23.4. The van der Waals surface area contributed by atoms with E-state index in [4.69, 9.17) is 5.73 Å². The molecule has 17 heavy (non-hydrogen) atoms. The summed E-state index contributed by atoms with van der Waals surface area (Å²) in [5.74, 6) is 0.00727. The van der Waals surface area contributed by atoms with Crippen molar-refractivity contribution in [3.8, 4) is 0 Å². The maximum Gasteiger partial charge on any atom is 0.214 e. The van der Waals surface area contributed by atoms with E-state index >= 15 is 0 Å². The molecule has 0 aromatic heterocycles. The summed E-state index contributed by atoms with van der Waals surface area (Å²) in [6.45, 7) is 2.58. The molecule has 102 valence electrons. The Labute approximate surface area is 103 Å². The highest BCUT2D eigenvalue weighted by Crippen LogP contribution is 2.18. The van der Waals surface area contributed by atoms with Crippen molar-refractivity contribution in [1.29, 1.82) is 0 Å². The minimum atomic E-state index is -3.41. The number of nitrogens with two attached hydrogens (primary N) is 1. The van der Waals surface area contributed by atoms with E-state index in [2.05, 4.69) is 4.72 Å². The summed E-state index contributed by atoms with van der Waals surface area (Å²) in [5, 5.41) is -0.587. The summed E-state index contributed by atoms with van der Waals surface area (Å²) in [5.41, 5.74) is 5.40. The first-order valence-electron chi connectivity index (χ1n) is 5.66. The molecule has 0 saturated carbocycles. The number of hydrogen-bond acceptors (Lipinski definition) is 5. The molecule has 1 heterocycles. The lowest BCUT2D eigenvalue weighted by Crippen LogP contribution is -2.41. The largest absolute Gasteiger partial charge is 0.330 e. The van der Waals surface area contributed by atoms with Crippen LogP contribution in [0.1, 0.15) is 19.8 Å². The van der Waals surface area contributed by atoms with Crippen LogP contribution in [0.15, 0.2) is 0 Å². The van der Waals surface area contributed by atoms with Gasteiger partial charge in [-0.25, -0.2) is 21.6 Å². The average Bonchev–Trinajstić information content (AvgIpc) is 2.25. The zero-order chi connectivity index (χ0) is 13.1. The van der Waals surface area contributed by atoms with Crippen LogP contribution < -0.4 is 10.5 Å². The molecule has 1 saturated heterocycles. The average molecular weight is 284 g/mol. The third-order valence-electron chi connectivity index (χ3n) is 2.98. The Morgan fingerprint density at radius 2 is 1.88 bits per heavy atom. The smallest absolute Gasteiger partial charge is 0.214 e.